The fourth-order valence-corrected chi connectivity index (χ4v) is 4.03. The Morgan fingerprint density at radius 2 is 1.93 bits per heavy atom. The number of methoxy groups -OCH3 is 1. The number of fused-ring (bicyclic) bond motifs is 1. The van der Waals surface area contributed by atoms with Crippen molar-refractivity contribution in [1.29, 1.82) is 0 Å². The highest BCUT2D eigenvalue weighted by Gasteiger charge is 2.49. The summed E-state index contributed by atoms with van der Waals surface area (Å²) in [5.74, 6) is 0.342. The van der Waals surface area contributed by atoms with Crippen molar-refractivity contribution in [3.8, 4) is 5.75 Å². The predicted octanol–water partition coefficient (Wildman–Crippen LogP) is 1.95. The lowest BCUT2D eigenvalue weighted by Gasteiger charge is -2.50. The first-order valence-electron chi connectivity index (χ1n) is 9.04. The zero-order chi connectivity index (χ0) is 18.9. The van der Waals surface area contributed by atoms with Crippen molar-refractivity contribution in [2.24, 2.45) is 0 Å². The van der Waals surface area contributed by atoms with E-state index in [1.54, 1.807) is 24.1 Å². The third-order valence-corrected chi connectivity index (χ3v) is 5.40. The molecule has 2 aliphatic rings. The Hall–Kier alpha value is -2.86. The highest BCUT2D eigenvalue weighted by atomic mass is 16.5. The number of carbonyl (C=O) groups is 2. The summed E-state index contributed by atoms with van der Waals surface area (Å²) in [7, 11) is 1.56. The van der Waals surface area contributed by atoms with E-state index < -0.39 is 5.54 Å². The van der Waals surface area contributed by atoms with Crippen LogP contribution in [0.2, 0.25) is 0 Å². The standard InChI is InChI=1S/C21H22N2O4/c1-26-17-10-6-5-9-16(17)20(25)23-12-11-21(15-7-3-2-4-8-15)18(13-23)27-14-19(24)22-21/h2-10,18H,11-14H2,1H3,(H,22,24)/t18-,21+/m1/s1. The molecule has 6 nitrogen and oxygen atoms in total. The molecule has 0 aliphatic carbocycles. The second-order valence-electron chi connectivity index (χ2n) is 6.89. The Morgan fingerprint density at radius 3 is 2.70 bits per heavy atom. The minimum absolute atomic E-state index is 0.00986. The maximum Gasteiger partial charge on any atom is 0.257 e. The van der Waals surface area contributed by atoms with E-state index in [4.69, 9.17) is 9.47 Å². The average molecular weight is 366 g/mol. The maximum absolute atomic E-state index is 13.1. The molecular formula is C21H22N2O4. The van der Waals surface area contributed by atoms with Crippen LogP contribution in [0.1, 0.15) is 22.3 Å². The number of piperidine rings is 1. The van der Waals surface area contributed by atoms with Gasteiger partial charge in [-0.2, -0.15) is 0 Å². The fraction of sp³-hybridized carbons (Fsp3) is 0.333. The molecule has 27 heavy (non-hydrogen) atoms. The molecule has 2 saturated heterocycles. The van der Waals surface area contributed by atoms with Gasteiger partial charge in [-0.05, 0) is 24.1 Å². The van der Waals surface area contributed by atoms with Gasteiger partial charge in [-0.3, -0.25) is 9.59 Å². The Balaban J connectivity index is 1.62. The maximum atomic E-state index is 13.1. The molecule has 4 rings (SSSR count). The summed E-state index contributed by atoms with van der Waals surface area (Å²) in [6.07, 6.45) is 0.291. The van der Waals surface area contributed by atoms with Gasteiger partial charge in [0.1, 0.15) is 18.5 Å². The highest BCUT2D eigenvalue weighted by molar-refractivity contribution is 5.97. The van der Waals surface area contributed by atoms with Crippen molar-refractivity contribution in [3.63, 3.8) is 0 Å². The van der Waals surface area contributed by atoms with Gasteiger partial charge in [-0.15, -0.1) is 0 Å². The normalized spacial score (nSPS) is 24.7. The third-order valence-electron chi connectivity index (χ3n) is 5.40. The molecule has 6 heteroatoms. The second-order valence-corrected chi connectivity index (χ2v) is 6.89. The van der Waals surface area contributed by atoms with Crippen LogP contribution in [0.3, 0.4) is 0 Å². The molecule has 0 spiro atoms. The first kappa shape index (κ1) is 17.5. The van der Waals surface area contributed by atoms with Crippen molar-refractivity contribution in [3.05, 3.63) is 65.7 Å². The van der Waals surface area contributed by atoms with Crippen LogP contribution in [-0.4, -0.2) is 49.6 Å². The minimum Gasteiger partial charge on any atom is -0.496 e. The summed E-state index contributed by atoms with van der Waals surface area (Å²) < 4.78 is 11.2. The van der Waals surface area contributed by atoms with Gasteiger partial charge in [0.15, 0.2) is 0 Å². The number of hydrogen-bond donors (Lipinski definition) is 1. The van der Waals surface area contributed by atoms with Crippen LogP contribution in [0.25, 0.3) is 0 Å². The van der Waals surface area contributed by atoms with Gasteiger partial charge in [0.2, 0.25) is 5.91 Å². The number of nitrogens with one attached hydrogen (secondary N) is 1. The number of likely N-dealkylation sites (tertiary alicyclic amines) is 1. The first-order chi connectivity index (χ1) is 13.1. The third kappa shape index (κ3) is 3.06. The minimum atomic E-state index is -0.603. The quantitative estimate of drug-likeness (QED) is 0.902. The van der Waals surface area contributed by atoms with E-state index in [1.165, 1.54) is 0 Å². The molecule has 2 fully saturated rings. The highest BCUT2D eigenvalue weighted by Crippen LogP contribution is 2.37. The summed E-state index contributed by atoms with van der Waals surface area (Å²) in [6.45, 7) is 0.938. The number of ether oxygens (including phenoxy) is 2. The van der Waals surface area contributed by atoms with E-state index in [-0.39, 0.29) is 24.5 Å². The van der Waals surface area contributed by atoms with Crippen LogP contribution < -0.4 is 10.1 Å². The van der Waals surface area contributed by atoms with Crippen molar-refractivity contribution in [2.45, 2.75) is 18.1 Å². The largest absolute Gasteiger partial charge is 0.496 e. The molecule has 140 valence electrons. The Labute approximate surface area is 158 Å². The van der Waals surface area contributed by atoms with Crippen LogP contribution in [0.5, 0.6) is 5.75 Å². The van der Waals surface area contributed by atoms with Gasteiger partial charge >= 0.3 is 0 Å². The number of hydrogen-bond acceptors (Lipinski definition) is 4. The molecular weight excluding hydrogens is 344 g/mol. The van der Waals surface area contributed by atoms with Gasteiger partial charge in [0.25, 0.3) is 5.91 Å². The van der Waals surface area contributed by atoms with E-state index in [0.29, 0.717) is 30.8 Å². The SMILES string of the molecule is COc1ccccc1C(=O)N1CC[C@@]2(c3ccccc3)NC(=O)CO[C@@H]2C1. The summed E-state index contributed by atoms with van der Waals surface area (Å²) in [6, 6.07) is 17.1. The van der Waals surface area contributed by atoms with Crippen molar-refractivity contribution >= 4 is 11.8 Å². The van der Waals surface area contributed by atoms with E-state index in [0.717, 1.165) is 5.56 Å². The molecule has 2 amide bonds. The molecule has 0 unspecified atom stereocenters. The van der Waals surface area contributed by atoms with Crippen molar-refractivity contribution < 1.29 is 19.1 Å². The molecule has 0 bridgehead atoms. The summed E-state index contributed by atoms with van der Waals surface area (Å²) in [4.78, 5) is 26.9. The summed E-state index contributed by atoms with van der Waals surface area (Å²) >= 11 is 0. The number of amides is 2. The second kappa shape index (κ2) is 7.04. The van der Waals surface area contributed by atoms with E-state index in [9.17, 15) is 9.59 Å². The fourth-order valence-electron chi connectivity index (χ4n) is 4.03. The zero-order valence-corrected chi connectivity index (χ0v) is 15.2. The van der Waals surface area contributed by atoms with Crippen LogP contribution in [-0.2, 0) is 15.1 Å². The molecule has 1 N–H and O–H groups in total. The molecule has 0 aromatic heterocycles. The van der Waals surface area contributed by atoms with Gasteiger partial charge in [0.05, 0.1) is 18.2 Å². The molecule has 2 heterocycles. The lowest BCUT2D eigenvalue weighted by Crippen LogP contribution is -2.67. The van der Waals surface area contributed by atoms with Gasteiger partial charge in [0, 0.05) is 13.1 Å². The zero-order valence-electron chi connectivity index (χ0n) is 15.2. The van der Waals surface area contributed by atoms with Gasteiger partial charge in [-0.25, -0.2) is 0 Å². The monoisotopic (exact) mass is 366 g/mol. The number of morpholine rings is 1. The summed E-state index contributed by atoms with van der Waals surface area (Å²) in [5.41, 5.74) is 0.938. The topological polar surface area (TPSA) is 67.9 Å². The number of para-hydroxylation sites is 1. The van der Waals surface area contributed by atoms with Gasteiger partial charge in [-0.1, -0.05) is 42.5 Å². The Bertz CT molecular complexity index is 854. The van der Waals surface area contributed by atoms with Gasteiger partial charge < -0.3 is 19.7 Å². The van der Waals surface area contributed by atoms with E-state index in [1.807, 2.05) is 42.5 Å². The Kier molecular flexibility index (Phi) is 4.58. The van der Waals surface area contributed by atoms with Crippen LogP contribution >= 0.6 is 0 Å². The van der Waals surface area contributed by atoms with Crippen molar-refractivity contribution in [2.75, 3.05) is 26.8 Å². The Morgan fingerprint density at radius 1 is 1.19 bits per heavy atom. The number of nitrogens with zero attached hydrogens (tertiary/aromatic N) is 1. The van der Waals surface area contributed by atoms with E-state index in [2.05, 4.69) is 5.32 Å². The van der Waals surface area contributed by atoms with Crippen molar-refractivity contribution in [1.82, 2.24) is 10.2 Å². The molecule has 2 aromatic carbocycles. The number of rotatable bonds is 3. The smallest absolute Gasteiger partial charge is 0.257 e. The van der Waals surface area contributed by atoms with Crippen LogP contribution in [0, 0.1) is 0 Å². The number of benzene rings is 2. The predicted molar refractivity (Wildman–Crippen MR) is 99.5 cm³/mol. The lowest BCUT2D eigenvalue weighted by molar-refractivity contribution is -0.150. The first-order valence-corrected chi connectivity index (χ1v) is 9.04. The lowest BCUT2D eigenvalue weighted by atomic mass is 9.77. The molecule has 0 saturated carbocycles. The van der Waals surface area contributed by atoms with Crippen LogP contribution in [0.15, 0.2) is 54.6 Å². The molecule has 2 atom stereocenters. The molecule has 0 radical (unpaired) electrons. The molecule has 2 aromatic rings. The summed E-state index contributed by atoms with van der Waals surface area (Å²) in [5, 5.41) is 3.14. The van der Waals surface area contributed by atoms with Crippen LogP contribution in [0.4, 0.5) is 0 Å². The molecule has 2 aliphatic heterocycles. The number of carbonyl (C=O) groups excluding carboxylic acids is 2. The van der Waals surface area contributed by atoms with E-state index >= 15 is 0 Å². The average Bonchev–Trinajstić information content (AvgIpc) is 2.73.